The van der Waals surface area contributed by atoms with Gasteiger partial charge >= 0.3 is 0 Å². The van der Waals surface area contributed by atoms with Gasteiger partial charge in [-0.15, -0.1) is 0 Å². The fourth-order valence-electron chi connectivity index (χ4n) is 2.47. The van der Waals surface area contributed by atoms with Crippen LogP contribution in [0.2, 0.25) is 0 Å². The second kappa shape index (κ2) is 5.70. The van der Waals surface area contributed by atoms with Gasteiger partial charge in [-0.2, -0.15) is 0 Å². The number of para-hydroxylation sites is 1. The van der Waals surface area contributed by atoms with Crippen LogP contribution < -0.4 is 5.32 Å². The number of aryl methyl sites for hydroxylation is 1. The summed E-state index contributed by atoms with van der Waals surface area (Å²) in [5.74, 6) is 0.395. The second-order valence-corrected chi connectivity index (χ2v) is 5.20. The Kier molecular flexibility index (Phi) is 3.76. The van der Waals surface area contributed by atoms with E-state index in [0.29, 0.717) is 11.3 Å². The van der Waals surface area contributed by atoms with Gasteiger partial charge in [0, 0.05) is 17.5 Å². The number of hydrogen-bond donors (Lipinski definition) is 1. The topological polar surface area (TPSA) is 25.2 Å². The first kappa shape index (κ1) is 13.8. The van der Waals surface area contributed by atoms with E-state index in [1.807, 2.05) is 19.1 Å². The van der Waals surface area contributed by atoms with E-state index in [4.69, 9.17) is 4.42 Å². The molecule has 3 rings (SSSR count). The van der Waals surface area contributed by atoms with Gasteiger partial charge in [0.2, 0.25) is 0 Å². The monoisotopic (exact) mass is 283 g/mol. The van der Waals surface area contributed by atoms with Crippen LogP contribution in [0.4, 0.5) is 4.39 Å². The lowest BCUT2D eigenvalue weighted by atomic mass is 10.0. The predicted molar refractivity (Wildman–Crippen MR) is 83.7 cm³/mol. The normalized spacial score (nSPS) is 11.2. The molecule has 0 atom stereocenters. The number of fused-ring (bicyclic) bond motifs is 1. The summed E-state index contributed by atoms with van der Waals surface area (Å²) in [6.45, 7) is 5.87. The highest BCUT2D eigenvalue weighted by molar-refractivity contribution is 5.83. The lowest BCUT2D eigenvalue weighted by molar-refractivity contribution is 0.568. The van der Waals surface area contributed by atoms with Crippen LogP contribution in [0.3, 0.4) is 0 Å². The van der Waals surface area contributed by atoms with Crippen LogP contribution in [0.5, 0.6) is 0 Å². The van der Waals surface area contributed by atoms with Gasteiger partial charge < -0.3 is 9.73 Å². The zero-order chi connectivity index (χ0) is 14.8. The zero-order valence-electron chi connectivity index (χ0n) is 12.2. The lowest BCUT2D eigenvalue weighted by Gasteiger charge is -2.07. The Hall–Kier alpha value is -2.13. The summed E-state index contributed by atoms with van der Waals surface area (Å²) in [5, 5.41) is 4.10. The molecule has 2 nitrogen and oxygen atoms in total. The molecule has 0 amide bonds. The molecular formula is C18H18FNO. The van der Waals surface area contributed by atoms with E-state index in [1.165, 1.54) is 11.6 Å². The molecule has 0 radical (unpaired) electrons. The summed E-state index contributed by atoms with van der Waals surface area (Å²) >= 11 is 0. The molecule has 21 heavy (non-hydrogen) atoms. The molecule has 3 aromatic rings. The molecule has 0 saturated carbocycles. The fraction of sp³-hybridized carbons (Fsp3) is 0.222. The number of rotatable bonds is 4. The molecule has 0 spiro atoms. The van der Waals surface area contributed by atoms with E-state index in [-0.39, 0.29) is 5.82 Å². The Morgan fingerprint density at radius 2 is 2.00 bits per heavy atom. The molecule has 0 fully saturated rings. The molecule has 0 bridgehead atoms. The summed E-state index contributed by atoms with van der Waals surface area (Å²) in [5.41, 5.74) is 3.65. The molecule has 2 aromatic carbocycles. The molecule has 0 unspecified atom stereocenters. The summed E-state index contributed by atoms with van der Waals surface area (Å²) in [6, 6.07) is 13.2. The lowest BCUT2D eigenvalue weighted by Crippen LogP contribution is -2.11. The van der Waals surface area contributed by atoms with E-state index < -0.39 is 0 Å². The number of furan rings is 1. The summed E-state index contributed by atoms with van der Waals surface area (Å²) in [6.07, 6.45) is 0. The molecule has 1 N–H and O–H groups in total. The quantitative estimate of drug-likeness (QED) is 0.753. The Labute approximate surface area is 123 Å². The minimum atomic E-state index is -0.319. The molecule has 0 aliphatic carbocycles. The summed E-state index contributed by atoms with van der Waals surface area (Å²) in [4.78, 5) is 0. The van der Waals surface area contributed by atoms with Gasteiger partial charge in [0.05, 0.1) is 0 Å². The molecule has 1 heterocycles. The van der Waals surface area contributed by atoms with Crippen molar-refractivity contribution in [3.8, 4) is 11.3 Å². The van der Waals surface area contributed by atoms with Crippen LogP contribution in [-0.4, -0.2) is 6.54 Å². The van der Waals surface area contributed by atoms with Gasteiger partial charge in [-0.25, -0.2) is 4.39 Å². The molecule has 108 valence electrons. The fourth-order valence-corrected chi connectivity index (χ4v) is 2.47. The third-order valence-electron chi connectivity index (χ3n) is 3.64. The largest absolute Gasteiger partial charge is 0.453 e. The van der Waals surface area contributed by atoms with Crippen molar-refractivity contribution in [3.63, 3.8) is 0 Å². The standard InChI is InChI=1S/C18H18FNO/c1-3-20-11-13-8-7-12(2)15(9-13)17-10-14-5-4-6-16(19)18(14)21-17/h4-10,20H,3,11H2,1-2H3. The van der Waals surface area contributed by atoms with Crippen LogP contribution in [0.1, 0.15) is 18.1 Å². The van der Waals surface area contributed by atoms with Crippen molar-refractivity contribution >= 4 is 11.0 Å². The Morgan fingerprint density at radius 3 is 2.76 bits per heavy atom. The Morgan fingerprint density at radius 1 is 1.14 bits per heavy atom. The van der Waals surface area contributed by atoms with E-state index in [2.05, 4.69) is 30.4 Å². The number of halogens is 1. The molecule has 0 aliphatic rings. The maximum atomic E-state index is 13.8. The number of benzene rings is 2. The van der Waals surface area contributed by atoms with Crippen molar-refractivity contribution in [2.75, 3.05) is 6.54 Å². The smallest absolute Gasteiger partial charge is 0.170 e. The van der Waals surface area contributed by atoms with Gasteiger partial charge in [-0.1, -0.05) is 31.2 Å². The van der Waals surface area contributed by atoms with Crippen LogP contribution >= 0.6 is 0 Å². The van der Waals surface area contributed by atoms with Crippen LogP contribution in [0.25, 0.3) is 22.3 Å². The predicted octanol–water partition coefficient (Wildman–Crippen LogP) is 4.66. The third-order valence-corrected chi connectivity index (χ3v) is 3.64. The Balaban J connectivity index is 2.06. The molecule has 0 saturated heterocycles. The highest BCUT2D eigenvalue weighted by Crippen LogP contribution is 2.31. The first-order chi connectivity index (χ1) is 10.2. The van der Waals surface area contributed by atoms with Crippen molar-refractivity contribution < 1.29 is 8.81 Å². The number of hydrogen-bond acceptors (Lipinski definition) is 2. The van der Waals surface area contributed by atoms with Crippen LogP contribution in [0.15, 0.2) is 46.9 Å². The molecule has 0 aliphatic heterocycles. The Bertz CT molecular complexity index is 776. The van der Waals surface area contributed by atoms with Gasteiger partial charge in [0.25, 0.3) is 0 Å². The summed E-state index contributed by atoms with van der Waals surface area (Å²) in [7, 11) is 0. The van der Waals surface area contributed by atoms with E-state index in [1.54, 1.807) is 6.07 Å². The van der Waals surface area contributed by atoms with Crippen LogP contribution in [-0.2, 0) is 6.54 Å². The van der Waals surface area contributed by atoms with Gasteiger partial charge in [-0.05, 0) is 42.8 Å². The first-order valence-corrected chi connectivity index (χ1v) is 7.17. The average Bonchev–Trinajstić information content (AvgIpc) is 2.92. The van der Waals surface area contributed by atoms with Crippen molar-refractivity contribution in [3.05, 3.63) is 59.4 Å². The minimum Gasteiger partial charge on any atom is -0.453 e. The average molecular weight is 283 g/mol. The van der Waals surface area contributed by atoms with E-state index >= 15 is 0 Å². The molecular weight excluding hydrogens is 265 g/mol. The third kappa shape index (κ3) is 2.69. The first-order valence-electron chi connectivity index (χ1n) is 7.17. The van der Waals surface area contributed by atoms with Gasteiger partial charge in [-0.3, -0.25) is 0 Å². The van der Waals surface area contributed by atoms with Crippen molar-refractivity contribution in [1.82, 2.24) is 5.32 Å². The SMILES string of the molecule is CCNCc1ccc(C)c(-c2cc3cccc(F)c3o2)c1. The maximum absolute atomic E-state index is 13.8. The van der Waals surface area contributed by atoms with Gasteiger partial charge in [0.15, 0.2) is 11.4 Å². The summed E-state index contributed by atoms with van der Waals surface area (Å²) < 4.78 is 19.5. The maximum Gasteiger partial charge on any atom is 0.170 e. The molecule has 3 heteroatoms. The van der Waals surface area contributed by atoms with Crippen molar-refractivity contribution in [2.24, 2.45) is 0 Å². The zero-order valence-corrected chi connectivity index (χ0v) is 12.2. The highest BCUT2D eigenvalue weighted by atomic mass is 19.1. The van der Waals surface area contributed by atoms with Crippen LogP contribution in [0, 0.1) is 12.7 Å². The number of nitrogens with one attached hydrogen (secondary N) is 1. The highest BCUT2D eigenvalue weighted by Gasteiger charge is 2.12. The van der Waals surface area contributed by atoms with E-state index in [9.17, 15) is 4.39 Å². The second-order valence-electron chi connectivity index (χ2n) is 5.20. The van der Waals surface area contributed by atoms with Crippen molar-refractivity contribution in [1.29, 1.82) is 0 Å². The molecule has 1 aromatic heterocycles. The minimum absolute atomic E-state index is 0.319. The van der Waals surface area contributed by atoms with Gasteiger partial charge in [0.1, 0.15) is 5.76 Å². The van der Waals surface area contributed by atoms with E-state index in [0.717, 1.165) is 29.6 Å². The van der Waals surface area contributed by atoms with Crippen molar-refractivity contribution in [2.45, 2.75) is 20.4 Å².